The molecule has 0 aromatic heterocycles. The molecule has 0 spiro atoms. The van der Waals surface area contributed by atoms with Crippen LogP contribution >= 0.6 is 0 Å². The van der Waals surface area contributed by atoms with Crippen molar-refractivity contribution in [2.75, 3.05) is 0 Å². The van der Waals surface area contributed by atoms with E-state index in [1.54, 1.807) is 0 Å². The molecule has 0 saturated carbocycles. The van der Waals surface area contributed by atoms with Gasteiger partial charge in [-0.05, 0) is 49.7 Å². The molecule has 2 aromatic carbocycles. The number of hydrogen-bond acceptors (Lipinski definition) is 2. The Bertz CT molecular complexity index is 715. The Balaban J connectivity index is 1.64. The molecule has 156 valence electrons. The molecule has 0 bridgehead atoms. The highest BCUT2D eigenvalue weighted by molar-refractivity contribution is 5.76. The Morgan fingerprint density at radius 3 is 1.93 bits per heavy atom. The summed E-state index contributed by atoms with van der Waals surface area (Å²) < 4.78 is 0. The van der Waals surface area contributed by atoms with Crippen LogP contribution in [0, 0.1) is 0 Å². The SMILES string of the molecule is O=C(O)CC[C@@H](CCc1ccccc1)NC(=O)CCCCCCc1ccccc1. The summed E-state index contributed by atoms with van der Waals surface area (Å²) in [6.07, 6.45) is 7.96. The van der Waals surface area contributed by atoms with Crippen LogP contribution in [0.15, 0.2) is 60.7 Å². The van der Waals surface area contributed by atoms with E-state index in [0.717, 1.165) is 44.9 Å². The number of benzene rings is 2. The second-order valence-corrected chi connectivity index (χ2v) is 7.62. The smallest absolute Gasteiger partial charge is 0.303 e. The van der Waals surface area contributed by atoms with Gasteiger partial charge in [0.1, 0.15) is 0 Å². The van der Waals surface area contributed by atoms with Gasteiger partial charge in [0.2, 0.25) is 5.91 Å². The Morgan fingerprint density at radius 2 is 1.31 bits per heavy atom. The average Bonchev–Trinajstić information content (AvgIpc) is 2.74. The fraction of sp³-hybridized carbons (Fsp3) is 0.440. The molecule has 1 atom stereocenters. The van der Waals surface area contributed by atoms with Gasteiger partial charge >= 0.3 is 5.97 Å². The largest absolute Gasteiger partial charge is 0.481 e. The van der Waals surface area contributed by atoms with E-state index in [9.17, 15) is 9.59 Å². The third kappa shape index (κ3) is 10.5. The Hall–Kier alpha value is -2.62. The standard InChI is InChI=1S/C25H33NO3/c27-24(16-10-2-1-5-11-21-12-6-3-7-13-21)26-23(19-20-25(28)29)18-17-22-14-8-4-9-15-22/h3-4,6-9,12-15,23H,1-2,5,10-11,16-20H2,(H,26,27)(H,28,29)/t23-/m1/s1. The lowest BCUT2D eigenvalue weighted by atomic mass is 10.0. The van der Waals surface area contributed by atoms with Gasteiger partial charge in [0, 0.05) is 18.9 Å². The third-order valence-corrected chi connectivity index (χ3v) is 5.16. The second kappa shape index (κ2) is 13.5. The first-order chi connectivity index (χ1) is 14.1. The van der Waals surface area contributed by atoms with Gasteiger partial charge in [0.25, 0.3) is 0 Å². The molecule has 29 heavy (non-hydrogen) atoms. The maximum atomic E-state index is 12.3. The van der Waals surface area contributed by atoms with Gasteiger partial charge in [-0.15, -0.1) is 0 Å². The first kappa shape index (κ1) is 22.7. The number of amides is 1. The van der Waals surface area contributed by atoms with Crippen LogP contribution in [0.3, 0.4) is 0 Å². The van der Waals surface area contributed by atoms with Crippen LogP contribution < -0.4 is 5.32 Å². The summed E-state index contributed by atoms with van der Waals surface area (Å²) in [6, 6.07) is 20.5. The van der Waals surface area contributed by atoms with Gasteiger partial charge in [-0.2, -0.15) is 0 Å². The van der Waals surface area contributed by atoms with E-state index in [1.807, 2.05) is 24.3 Å². The highest BCUT2D eigenvalue weighted by atomic mass is 16.4. The van der Waals surface area contributed by atoms with E-state index in [2.05, 4.69) is 41.7 Å². The fourth-order valence-electron chi connectivity index (χ4n) is 3.48. The molecule has 0 aliphatic carbocycles. The summed E-state index contributed by atoms with van der Waals surface area (Å²) in [5.74, 6) is -0.779. The molecular weight excluding hydrogens is 362 g/mol. The van der Waals surface area contributed by atoms with Crippen LogP contribution in [0.2, 0.25) is 0 Å². The maximum absolute atomic E-state index is 12.3. The minimum Gasteiger partial charge on any atom is -0.481 e. The van der Waals surface area contributed by atoms with Gasteiger partial charge in [0.05, 0.1) is 0 Å². The van der Waals surface area contributed by atoms with Crippen molar-refractivity contribution >= 4 is 11.9 Å². The van der Waals surface area contributed by atoms with Gasteiger partial charge in [0.15, 0.2) is 0 Å². The maximum Gasteiger partial charge on any atom is 0.303 e. The number of carbonyl (C=O) groups is 2. The molecule has 0 heterocycles. The van der Waals surface area contributed by atoms with Crippen molar-refractivity contribution in [2.24, 2.45) is 0 Å². The lowest BCUT2D eigenvalue weighted by Gasteiger charge is -2.18. The van der Waals surface area contributed by atoms with E-state index >= 15 is 0 Å². The molecule has 2 rings (SSSR count). The van der Waals surface area contributed by atoms with E-state index in [1.165, 1.54) is 11.1 Å². The lowest BCUT2D eigenvalue weighted by Crippen LogP contribution is -2.35. The topological polar surface area (TPSA) is 66.4 Å². The average molecular weight is 396 g/mol. The molecule has 4 nitrogen and oxygen atoms in total. The zero-order valence-electron chi connectivity index (χ0n) is 17.2. The van der Waals surface area contributed by atoms with Gasteiger partial charge < -0.3 is 10.4 Å². The number of unbranched alkanes of at least 4 members (excludes halogenated alkanes) is 3. The quantitative estimate of drug-likeness (QED) is 0.434. The summed E-state index contributed by atoms with van der Waals surface area (Å²) in [6.45, 7) is 0. The minimum absolute atomic E-state index is 0.0384. The number of carbonyl (C=O) groups excluding carboxylic acids is 1. The van der Waals surface area contributed by atoms with Crippen LogP contribution in [0.5, 0.6) is 0 Å². The zero-order chi connectivity index (χ0) is 20.7. The third-order valence-electron chi connectivity index (χ3n) is 5.16. The van der Waals surface area contributed by atoms with Crippen LogP contribution in [0.1, 0.15) is 62.5 Å². The summed E-state index contributed by atoms with van der Waals surface area (Å²) in [5, 5.41) is 12.0. The molecule has 2 N–H and O–H groups in total. The highest BCUT2D eigenvalue weighted by Crippen LogP contribution is 2.11. The summed E-state index contributed by atoms with van der Waals surface area (Å²) in [5.41, 5.74) is 2.57. The molecule has 0 aliphatic heterocycles. The molecular formula is C25H33NO3. The Morgan fingerprint density at radius 1 is 0.724 bits per heavy atom. The fourth-order valence-corrected chi connectivity index (χ4v) is 3.48. The molecule has 0 radical (unpaired) electrons. The molecule has 0 fully saturated rings. The van der Waals surface area contributed by atoms with Crippen molar-refractivity contribution in [1.82, 2.24) is 5.32 Å². The van der Waals surface area contributed by atoms with Crippen molar-refractivity contribution in [2.45, 2.75) is 70.3 Å². The number of carboxylic acids is 1. The van der Waals surface area contributed by atoms with Crippen molar-refractivity contribution in [1.29, 1.82) is 0 Å². The second-order valence-electron chi connectivity index (χ2n) is 7.62. The molecule has 1 amide bonds. The Kier molecular flexibility index (Phi) is 10.6. The molecule has 4 heteroatoms. The highest BCUT2D eigenvalue weighted by Gasteiger charge is 2.14. The van der Waals surface area contributed by atoms with Gasteiger partial charge in [-0.25, -0.2) is 0 Å². The predicted octanol–water partition coefficient (Wildman–Crippen LogP) is 5.16. The van der Waals surface area contributed by atoms with Crippen LogP contribution in [0.25, 0.3) is 0 Å². The van der Waals surface area contributed by atoms with Crippen molar-refractivity contribution in [3.63, 3.8) is 0 Å². The predicted molar refractivity (Wildman–Crippen MR) is 117 cm³/mol. The van der Waals surface area contributed by atoms with Gasteiger partial charge in [-0.1, -0.05) is 73.5 Å². The number of nitrogens with one attached hydrogen (secondary N) is 1. The van der Waals surface area contributed by atoms with E-state index in [-0.39, 0.29) is 18.4 Å². The van der Waals surface area contributed by atoms with Crippen LogP contribution in [0.4, 0.5) is 0 Å². The minimum atomic E-state index is -0.817. The normalized spacial score (nSPS) is 11.7. The van der Waals surface area contributed by atoms with E-state index in [4.69, 9.17) is 5.11 Å². The number of hydrogen-bond donors (Lipinski definition) is 2. The molecule has 0 unspecified atom stereocenters. The van der Waals surface area contributed by atoms with Crippen molar-refractivity contribution in [3.8, 4) is 0 Å². The van der Waals surface area contributed by atoms with Gasteiger partial charge in [-0.3, -0.25) is 9.59 Å². The van der Waals surface area contributed by atoms with Crippen LogP contribution in [-0.4, -0.2) is 23.0 Å². The van der Waals surface area contributed by atoms with Crippen molar-refractivity contribution < 1.29 is 14.7 Å². The summed E-state index contributed by atoms with van der Waals surface area (Å²) in [7, 11) is 0. The number of aryl methyl sites for hydroxylation is 2. The molecule has 0 aliphatic rings. The van der Waals surface area contributed by atoms with Crippen LogP contribution in [-0.2, 0) is 22.4 Å². The Labute approximate surface area is 174 Å². The number of rotatable bonds is 14. The van der Waals surface area contributed by atoms with E-state index in [0.29, 0.717) is 12.8 Å². The first-order valence-electron chi connectivity index (χ1n) is 10.7. The molecule has 0 saturated heterocycles. The monoisotopic (exact) mass is 395 g/mol. The number of carboxylic acid groups (broad SMARTS) is 1. The lowest BCUT2D eigenvalue weighted by molar-refractivity contribution is -0.137. The first-order valence-corrected chi connectivity index (χ1v) is 10.7. The van der Waals surface area contributed by atoms with Crippen molar-refractivity contribution in [3.05, 3.63) is 71.8 Å². The van der Waals surface area contributed by atoms with E-state index < -0.39 is 5.97 Å². The zero-order valence-corrected chi connectivity index (χ0v) is 17.2. The molecule has 2 aromatic rings. The summed E-state index contributed by atoms with van der Waals surface area (Å²) in [4.78, 5) is 23.2. The summed E-state index contributed by atoms with van der Waals surface area (Å²) >= 11 is 0. The number of aliphatic carboxylic acids is 1.